The molecular formula is C27H20N2O2. The predicted octanol–water partition coefficient (Wildman–Crippen LogP) is 6.17. The van der Waals surface area contributed by atoms with E-state index in [-0.39, 0.29) is 11.9 Å². The van der Waals surface area contributed by atoms with E-state index in [9.17, 15) is 4.79 Å². The van der Waals surface area contributed by atoms with Crippen molar-refractivity contribution in [2.75, 3.05) is 0 Å². The molecule has 5 aromatic rings. The molecule has 0 spiro atoms. The highest BCUT2D eigenvalue weighted by Gasteiger charge is 2.40. The second-order valence-electron chi connectivity index (χ2n) is 7.83. The minimum atomic E-state index is -0.208. The summed E-state index contributed by atoms with van der Waals surface area (Å²) in [7, 11) is 0. The molecule has 1 aliphatic heterocycles. The molecule has 0 saturated heterocycles. The zero-order valence-corrected chi connectivity index (χ0v) is 16.8. The number of para-hydroxylation sites is 1. The van der Waals surface area contributed by atoms with Gasteiger partial charge in [0.2, 0.25) is 0 Å². The van der Waals surface area contributed by atoms with Crippen LogP contribution in [-0.2, 0) is 6.54 Å². The van der Waals surface area contributed by atoms with E-state index >= 15 is 0 Å². The number of furan rings is 1. The lowest BCUT2D eigenvalue weighted by atomic mass is 9.93. The Morgan fingerprint density at radius 3 is 2.45 bits per heavy atom. The lowest BCUT2D eigenvalue weighted by Crippen LogP contribution is -2.28. The number of rotatable bonds is 4. The Labute approximate surface area is 179 Å². The average molecular weight is 404 g/mol. The van der Waals surface area contributed by atoms with E-state index in [1.54, 1.807) is 6.26 Å². The zero-order valence-electron chi connectivity index (χ0n) is 16.8. The van der Waals surface area contributed by atoms with Gasteiger partial charge >= 0.3 is 0 Å². The fourth-order valence-corrected chi connectivity index (χ4v) is 4.70. The average Bonchev–Trinajstić information content (AvgIpc) is 3.53. The van der Waals surface area contributed by atoms with E-state index in [2.05, 4.69) is 35.3 Å². The molecule has 0 radical (unpaired) electrons. The van der Waals surface area contributed by atoms with E-state index < -0.39 is 0 Å². The summed E-state index contributed by atoms with van der Waals surface area (Å²) in [6.07, 6.45) is 1.65. The molecule has 31 heavy (non-hydrogen) atoms. The predicted molar refractivity (Wildman–Crippen MR) is 121 cm³/mol. The van der Waals surface area contributed by atoms with Crippen LogP contribution in [-0.4, -0.2) is 15.8 Å². The molecule has 4 nitrogen and oxygen atoms in total. The number of carbonyl (C=O) groups is 1. The van der Waals surface area contributed by atoms with Gasteiger partial charge in [-0.3, -0.25) is 4.79 Å². The minimum absolute atomic E-state index is 0.0290. The highest BCUT2D eigenvalue weighted by molar-refractivity contribution is 6.02. The molecule has 0 unspecified atom stereocenters. The summed E-state index contributed by atoms with van der Waals surface area (Å²) in [4.78, 5) is 19.0. The molecule has 3 heterocycles. The molecular weight excluding hydrogens is 384 g/mol. The molecule has 0 bridgehead atoms. The Kier molecular flexibility index (Phi) is 4.03. The fourth-order valence-electron chi connectivity index (χ4n) is 4.70. The maximum Gasteiger partial charge on any atom is 0.255 e. The number of hydrogen-bond acceptors (Lipinski definition) is 2. The summed E-state index contributed by atoms with van der Waals surface area (Å²) in [6, 6.07) is 30.1. The lowest BCUT2D eigenvalue weighted by molar-refractivity contribution is 0.0724. The van der Waals surface area contributed by atoms with Crippen LogP contribution in [0.1, 0.15) is 33.3 Å². The van der Waals surface area contributed by atoms with Crippen molar-refractivity contribution in [2.24, 2.45) is 0 Å². The fraction of sp³-hybridized carbons (Fsp3) is 0.0741. The number of benzene rings is 3. The number of hydrogen-bond donors (Lipinski definition) is 1. The Morgan fingerprint density at radius 2 is 1.61 bits per heavy atom. The van der Waals surface area contributed by atoms with Crippen molar-refractivity contribution < 1.29 is 9.21 Å². The van der Waals surface area contributed by atoms with Gasteiger partial charge in [-0.25, -0.2) is 0 Å². The third-order valence-corrected chi connectivity index (χ3v) is 6.05. The van der Waals surface area contributed by atoms with Crippen LogP contribution in [0, 0.1) is 0 Å². The summed E-state index contributed by atoms with van der Waals surface area (Å²) >= 11 is 0. The Bertz CT molecular complexity index is 1380. The number of carbonyl (C=O) groups excluding carboxylic acids is 1. The first-order valence-electron chi connectivity index (χ1n) is 10.4. The summed E-state index contributed by atoms with van der Waals surface area (Å²) in [5, 5.41) is 1.13. The standard InChI is InChI=1S/C27H20N2O2/c30-27-21-13-5-4-12-20(21)26(29(27)17-19-11-8-16-31-19)24-22-14-6-7-15-23(22)28-25(24)18-9-2-1-3-10-18/h1-16,26,28H,17H2/t26-/m1/s1. The van der Waals surface area contributed by atoms with Crippen LogP contribution in [0.25, 0.3) is 22.2 Å². The highest BCUT2D eigenvalue weighted by atomic mass is 16.3. The van der Waals surface area contributed by atoms with Crippen molar-refractivity contribution in [3.63, 3.8) is 0 Å². The first-order chi connectivity index (χ1) is 15.3. The minimum Gasteiger partial charge on any atom is -0.467 e. The van der Waals surface area contributed by atoms with Crippen LogP contribution in [0.15, 0.2) is 102 Å². The number of amides is 1. The van der Waals surface area contributed by atoms with Gasteiger partial charge in [0.25, 0.3) is 5.91 Å². The van der Waals surface area contributed by atoms with Crippen molar-refractivity contribution in [3.8, 4) is 11.3 Å². The maximum atomic E-state index is 13.5. The second-order valence-corrected chi connectivity index (χ2v) is 7.83. The van der Waals surface area contributed by atoms with Gasteiger partial charge in [0, 0.05) is 22.0 Å². The van der Waals surface area contributed by atoms with Crippen molar-refractivity contribution in [2.45, 2.75) is 12.6 Å². The molecule has 0 fully saturated rings. The number of aromatic amines is 1. The summed E-state index contributed by atoms with van der Waals surface area (Å²) in [5.74, 6) is 0.800. The molecule has 1 atom stereocenters. The van der Waals surface area contributed by atoms with Gasteiger partial charge < -0.3 is 14.3 Å². The quantitative estimate of drug-likeness (QED) is 0.389. The third kappa shape index (κ3) is 2.80. The molecule has 0 aliphatic carbocycles. The zero-order chi connectivity index (χ0) is 20.8. The van der Waals surface area contributed by atoms with Crippen molar-refractivity contribution in [1.82, 2.24) is 9.88 Å². The molecule has 6 rings (SSSR count). The van der Waals surface area contributed by atoms with Crippen molar-refractivity contribution in [1.29, 1.82) is 0 Å². The van der Waals surface area contributed by atoms with Gasteiger partial charge in [0.1, 0.15) is 5.76 Å². The largest absolute Gasteiger partial charge is 0.467 e. The molecule has 4 heteroatoms. The summed E-state index contributed by atoms with van der Waals surface area (Å²) in [5.41, 5.74) is 6.10. The van der Waals surface area contributed by atoms with Crippen LogP contribution in [0.4, 0.5) is 0 Å². The Balaban J connectivity index is 1.62. The van der Waals surface area contributed by atoms with Gasteiger partial charge in [-0.15, -0.1) is 0 Å². The number of H-pyrrole nitrogens is 1. The van der Waals surface area contributed by atoms with Gasteiger partial charge in [0.15, 0.2) is 0 Å². The topological polar surface area (TPSA) is 49.2 Å². The Morgan fingerprint density at radius 1 is 0.839 bits per heavy atom. The highest BCUT2D eigenvalue weighted by Crippen LogP contribution is 2.45. The lowest BCUT2D eigenvalue weighted by Gasteiger charge is -2.26. The van der Waals surface area contributed by atoms with Crippen LogP contribution in [0.5, 0.6) is 0 Å². The van der Waals surface area contributed by atoms with Gasteiger partial charge in [-0.1, -0.05) is 66.7 Å². The smallest absolute Gasteiger partial charge is 0.255 e. The third-order valence-electron chi connectivity index (χ3n) is 6.05. The SMILES string of the molecule is O=C1c2ccccc2[C@H](c2c(-c3ccccc3)[nH]c3ccccc23)N1Cc1ccco1. The van der Waals surface area contributed by atoms with E-state index in [0.29, 0.717) is 6.54 Å². The molecule has 1 amide bonds. The van der Waals surface area contributed by atoms with Crippen LogP contribution >= 0.6 is 0 Å². The molecule has 1 N–H and O–H groups in total. The number of nitrogens with zero attached hydrogens (tertiary/aromatic N) is 1. The number of aromatic nitrogens is 1. The molecule has 150 valence electrons. The van der Waals surface area contributed by atoms with E-state index in [1.165, 1.54) is 0 Å². The van der Waals surface area contributed by atoms with Crippen LogP contribution in [0.3, 0.4) is 0 Å². The van der Waals surface area contributed by atoms with E-state index in [1.807, 2.05) is 65.6 Å². The summed E-state index contributed by atoms with van der Waals surface area (Å²) in [6.45, 7) is 0.416. The summed E-state index contributed by atoms with van der Waals surface area (Å²) < 4.78 is 5.61. The molecule has 2 aromatic heterocycles. The first kappa shape index (κ1) is 17.8. The number of nitrogens with one attached hydrogen (secondary N) is 1. The van der Waals surface area contributed by atoms with E-state index in [4.69, 9.17) is 4.42 Å². The van der Waals surface area contributed by atoms with Gasteiger partial charge in [-0.05, 0) is 35.4 Å². The maximum absolute atomic E-state index is 13.5. The molecule has 3 aromatic carbocycles. The normalized spacial score (nSPS) is 15.5. The first-order valence-corrected chi connectivity index (χ1v) is 10.4. The Hall–Kier alpha value is -4.05. The van der Waals surface area contributed by atoms with Crippen molar-refractivity contribution in [3.05, 3.63) is 120 Å². The van der Waals surface area contributed by atoms with E-state index in [0.717, 1.165) is 44.6 Å². The second kappa shape index (κ2) is 7.03. The van der Waals surface area contributed by atoms with Gasteiger partial charge in [-0.2, -0.15) is 0 Å². The monoisotopic (exact) mass is 404 g/mol. The van der Waals surface area contributed by atoms with Crippen molar-refractivity contribution >= 4 is 16.8 Å². The van der Waals surface area contributed by atoms with Crippen LogP contribution in [0.2, 0.25) is 0 Å². The molecule has 0 saturated carbocycles. The van der Waals surface area contributed by atoms with Crippen LogP contribution < -0.4 is 0 Å². The number of fused-ring (bicyclic) bond motifs is 2. The molecule has 1 aliphatic rings. The van der Waals surface area contributed by atoms with Gasteiger partial charge in [0.05, 0.1) is 24.5 Å².